The molecule has 35 heavy (non-hydrogen) atoms. The summed E-state index contributed by atoms with van der Waals surface area (Å²) in [7, 11) is 0.0874. The van der Waals surface area contributed by atoms with Gasteiger partial charge in [0.25, 0.3) is 15.9 Å². The maximum absolute atomic E-state index is 12.9. The Balaban J connectivity index is 1.40. The number of hydrogen-bond donors (Lipinski definition) is 2. The predicted molar refractivity (Wildman–Crippen MR) is 135 cm³/mol. The first kappa shape index (κ1) is 24.6. The highest BCUT2D eigenvalue weighted by atomic mass is 32.2. The number of nitrogens with zero attached hydrogens (tertiary/aromatic N) is 1. The summed E-state index contributed by atoms with van der Waals surface area (Å²) >= 11 is 0. The van der Waals surface area contributed by atoms with E-state index in [4.69, 9.17) is 9.47 Å². The van der Waals surface area contributed by atoms with Crippen LogP contribution in [0.4, 0.5) is 5.69 Å². The van der Waals surface area contributed by atoms with E-state index in [0.717, 1.165) is 12.0 Å². The fourth-order valence-corrected chi connectivity index (χ4v) is 4.85. The number of carbonyl (C=O) groups is 1. The number of anilines is 1. The Morgan fingerprint density at radius 1 is 0.943 bits per heavy atom. The number of sulfonamides is 1. The maximum atomic E-state index is 12.9. The molecule has 3 aromatic carbocycles. The van der Waals surface area contributed by atoms with Crippen LogP contribution in [0.5, 0.6) is 11.5 Å². The lowest BCUT2D eigenvalue weighted by Gasteiger charge is -2.25. The van der Waals surface area contributed by atoms with Gasteiger partial charge in [0.2, 0.25) is 0 Å². The van der Waals surface area contributed by atoms with Crippen LogP contribution in [0, 0.1) is 0 Å². The van der Waals surface area contributed by atoms with Gasteiger partial charge in [-0.25, -0.2) is 8.42 Å². The summed E-state index contributed by atoms with van der Waals surface area (Å²) in [6.07, 6.45) is 0.733. The van der Waals surface area contributed by atoms with Crippen LogP contribution in [-0.4, -0.2) is 53.1 Å². The summed E-state index contributed by atoms with van der Waals surface area (Å²) in [4.78, 5) is 14.8. The van der Waals surface area contributed by atoms with E-state index in [0.29, 0.717) is 42.5 Å². The minimum Gasteiger partial charge on any atom is -0.490 e. The molecule has 2 N–H and O–H groups in total. The van der Waals surface area contributed by atoms with Crippen LogP contribution >= 0.6 is 0 Å². The third-order valence-corrected chi connectivity index (χ3v) is 7.07. The highest BCUT2D eigenvalue weighted by molar-refractivity contribution is 7.92. The largest absolute Gasteiger partial charge is 0.490 e. The lowest BCUT2D eigenvalue weighted by molar-refractivity contribution is 0.0942. The van der Waals surface area contributed by atoms with Crippen molar-refractivity contribution in [1.29, 1.82) is 0 Å². The van der Waals surface area contributed by atoms with Gasteiger partial charge in [0.1, 0.15) is 0 Å². The normalized spacial score (nSPS) is 14.1. The Bertz CT molecular complexity index is 1260. The van der Waals surface area contributed by atoms with Crippen LogP contribution in [0.2, 0.25) is 0 Å². The van der Waals surface area contributed by atoms with Crippen molar-refractivity contribution in [2.45, 2.75) is 17.4 Å². The van der Waals surface area contributed by atoms with Crippen LogP contribution < -0.4 is 19.5 Å². The number of benzene rings is 3. The molecule has 1 atom stereocenters. The molecule has 0 fully saturated rings. The number of amides is 1. The molecule has 1 amide bonds. The molecule has 184 valence electrons. The molecule has 9 heteroatoms. The highest BCUT2D eigenvalue weighted by Crippen LogP contribution is 2.32. The average Bonchev–Trinajstić information content (AvgIpc) is 3.10. The van der Waals surface area contributed by atoms with Crippen molar-refractivity contribution < 1.29 is 22.7 Å². The number of rotatable bonds is 8. The molecular weight excluding hydrogens is 466 g/mol. The van der Waals surface area contributed by atoms with Crippen LogP contribution in [0.15, 0.2) is 77.7 Å². The van der Waals surface area contributed by atoms with Crippen LogP contribution in [0.3, 0.4) is 0 Å². The summed E-state index contributed by atoms with van der Waals surface area (Å²) in [6, 6.07) is 20.8. The molecule has 1 aliphatic rings. The van der Waals surface area contributed by atoms with Crippen molar-refractivity contribution >= 4 is 21.6 Å². The average molecular weight is 496 g/mol. The molecule has 0 bridgehead atoms. The second kappa shape index (κ2) is 10.8. The summed E-state index contributed by atoms with van der Waals surface area (Å²) in [5.41, 5.74) is 1.90. The quantitative estimate of drug-likeness (QED) is 0.495. The first-order valence-electron chi connectivity index (χ1n) is 11.4. The maximum Gasteiger partial charge on any atom is 0.262 e. The van der Waals surface area contributed by atoms with Crippen molar-refractivity contribution in [3.05, 3.63) is 83.9 Å². The lowest BCUT2D eigenvalue weighted by Crippen LogP contribution is -2.34. The molecule has 1 heterocycles. The van der Waals surface area contributed by atoms with Gasteiger partial charge < -0.3 is 19.7 Å². The van der Waals surface area contributed by atoms with Gasteiger partial charge in [-0.2, -0.15) is 0 Å². The number of carbonyl (C=O) groups excluding carboxylic acids is 1. The Labute approximate surface area is 205 Å². The van der Waals surface area contributed by atoms with Gasteiger partial charge in [-0.05, 0) is 56.1 Å². The molecule has 0 aromatic heterocycles. The molecule has 8 nitrogen and oxygen atoms in total. The zero-order valence-corrected chi connectivity index (χ0v) is 20.5. The van der Waals surface area contributed by atoms with E-state index in [-0.39, 0.29) is 16.8 Å². The Hall–Kier alpha value is -3.56. The topological polar surface area (TPSA) is 97.0 Å². The standard InChI is InChI=1S/C26H29N3O5S/c1-29(2)23(19-7-4-3-5-8-19)18-27-26(30)20-9-11-21(12-10-20)28-35(31,32)22-13-14-24-25(17-22)34-16-6-15-33-24/h3-5,7-14,17,23,28H,6,15-16,18H2,1-2H3,(H,27,30)/t23-/m0/s1. The monoisotopic (exact) mass is 495 g/mol. The van der Waals surface area contributed by atoms with Crippen LogP contribution in [-0.2, 0) is 10.0 Å². The Kier molecular flexibility index (Phi) is 7.57. The summed E-state index contributed by atoms with van der Waals surface area (Å²) < 4.78 is 39.5. The molecule has 0 unspecified atom stereocenters. The van der Waals surface area contributed by atoms with Gasteiger partial charge in [0.15, 0.2) is 11.5 Å². The SMILES string of the molecule is CN(C)[C@@H](CNC(=O)c1ccc(NS(=O)(=O)c2ccc3c(c2)OCCCO3)cc1)c1ccccc1. The molecule has 0 saturated heterocycles. The lowest BCUT2D eigenvalue weighted by atomic mass is 10.1. The van der Waals surface area contributed by atoms with Gasteiger partial charge >= 0.3 is 0 Å². The minimum atomic E-state index is -3.85. The third kappa shape index (κ3) is 6.12. The van der Waals surface area contributed by atoms with E-state index in [1.54, 1.807) is 30.3 Å². The number of hydrogen-bond acceptors (Lipinski definition) is 6. The zero-order valence-electron chi connectivity index (χ0n) is 19.7. The molecule has 0 radical (unpaired) electrons. The Morgan fingerprint density at radius 2 is 1.63 bits per heavy atom. The predicted octanol–water partition coefficient (Wildman–Crippen LogP) is 3.68. The van der Waals surface area contributed by atoms with Gasteiger partial charge in [0, 0.05) is 30.3 Å². The van der Waals surface area contributed by atoms with E-state index < -0.39 is 10.0 Å². The smallest absolute Gasteiger partial charge is 0.262 e. The Morgan fingerprint density at radius 3 is 2.31 bits per heavy atom. The first-order chi connectivity index (χ1) is 16.8. The molecule has 0 saturated carbocycles. The molecule has 1 aliphatic heterocycles. The molecule has 4 rings (SSSR count). The molecular formula is C26H29N3O5S. The fourth-order valence-electron chi connectivity index (χ4n) is 3.78. The number of ether oxygens (including phenoxy) is 2. The summed E-state index contributed by atoms with van der Waals surface area (Å²) in [5, 5.41) is 2.96. The van der Waals surface area contributed by atoms with E-state index in [1.165, 1.54) is 12.1 Å². The summed E-state index contributed by atoms with van der Waals surface area (Å²) in [5.74, 6) is 0.703. The number of fused-ring (bicyclic) bond motifs is 1. The highest BCUT2D eigenvalue weighted by Gasteiger charge is 2.20. The summed E-state index contributed by atoms with van der Waals surface area (Å²) in [6.45, 7) is 1.43. The number of likely N-dealkylation sites (N-methyl/N-ethyl adjacent to an activating group) is 1. The van der Waals surface area contributed by atoms with Crippen molar-refractivity contribution in [3.8, 4) is 11.5 Å². The van der Waals surface area contributed by atoms with Gasteiger partial charge in [-0.1, -0.05) is 30.3 Å². The molecule has 0 aliphatic carbocycles. The van der Waals surface area contributed by atoms with Crippen molar-refractivity contribution in [3.63, 3.8) is 0 Å². The first-order valence-corrected chi connectivity index (χ1v) is 12.8. The number of nitrogens with one attached hydrogen (secondary N) is 2. The molecule has 0 spiro atoms. The van der Waals surface area contributed by atoms with Crippen LogP contribution in [0.25, 0.3) is 0 Å². The minimum absolute atomic E-state index is 0.0292. The second-order valence-electron chi connectivity index (χ2n) is 8.44. The van der Waals surface area contributed by atoms with Crippen LogP contribution in [0.1, 0.15) is 28.4 Å². The zero-order chi connectivity index (χ0) is 24.8. The van der Waals surface area contributed by atoms with E-state index in [9.17, 15) is 13.2 Å². The van der Waals surface area contributed by atoms with Crippen molar-refractivity contribution in [2.24, 2.45) is 0 Å². The van der Waals surface area contributed by atoms with Gasteiger partial charge in [-0.15, -0.1) is 0 Å². The second-order valence-corrected chi connectivity index (χ2v) is 10.1. The van der Waals surface area contributed by atoms with Gasteiger partial charge in [-0.3, -0.25) is 9.52 Å². The van der Waals surface area contributed by atoms with E-state index in [2.05, 4.69) is 10.0 Å². The fraction of sp³-hybridized carbons (Fsp3) is 0.269. The van der Waals surface area contributed by atoms with E-state index in [1.807, 2.05) is 49.3 Å². The van der Waals surface area contributed by atoms with Crippen molar-refractivity contribution in [1.82, 2.24) is 10.2 Å². The van der Waals surface area contributed by atoms with Gasteiger partial charge in [0.05, 0.1) is 24.2 Å². The van der Waals surface area contributed by atoms with Crippen molar-refractivity contribution in [2.75, 3.05) is 38.6 Å². The third-order valence-electron chi connectivity index (χ3n) is 5.69. The molecule has 3 aromatic rings. The van der Waals surface area contributed by atoms with E-state index >= 15 is 0 Å².